The van der Waals surface area contributed by atoms with Crippen LogP contribution >= 0.6 is 23.2 Å². The van der Waals surface area contributed by atoms with E-state index in [2.05, 4.69) is 0 Å². The Morgan fingerprint density at radius 2 is 1.71 bits per heavy atom. The van der Waals surface area contributed by atoms with Crippen molar-refractivity contribution in [3.8, 4) is 11.5 Å². The largest absolute Gasteiger partial charge is 0.493 e. The average molecular weight is 326 g/mol. The number of halogens is 2. The Bertz CT molecular complexity index is 632. The Morgan fingerprint density at radius 1 is 1.00 bits per heavy atom. The topological polar surface area (TPSA) is 44.5 Å². The summed E-state index contributed by atoms with van der Waals surface area (Å²) in [4.78, 5) is 0. The summed E-state index contributed by atoms with van der Waals surface area (Å²) < 4.78 is 10.5. The molecule has 5 heteroatoms. The van der Waals surface area contributed by atoms with Crippen LogP contribution in [0, 0.1) is 0 Å². The first-order valence-electron chi connectivity index (χ1n) is 6.46. The van der Waals surface area contributed by atoms with Crippen LogP contribution in [0.3, 0.4) is 0 Å². The highest BCUT2D eigenvalue weighted by atomic mass is 35.5. The van der Waals surface area contributed by atoms with E-state index in [1.807, 2.05) is 24.3 Å². The summed E-state index contributed by atoms with van der Waals surface area (Å²) in [5.74, 6) is 1.38. The Kier molecular flexibility index (Phi) is 5.34. The summed E-state index contributed by atoms with van der Waals surface area (Å²) in [6, 6.07) is 10.9. The molecule has 2 aromatic carbocycles. The fourth-order valence-electron chi connectivity index (χ4n) is 2.17. The van der Waals surface area contributed by atoms with Crippen molar-refractivity contribution >= 4 is 23.2 Å². The number of nitrogens with two attached hydrogens (primary N) is 1. The molecule has 0 saturated carbocycles. The maximum atomic E-state index is 6.24. The standard InChI is InChI=1S/C16H17Cl2NO2/c1-20-15-6-3-10(8-16(15)21-2)7-14(19)12-5-4-11(17)9-13(12)18/h3-6,8-9,14H,7,19H2,1-2H3. The van der Waals surface area contributed by atoms with Crippen LogP contribution in [0.25, 0.3) is 0 Å². The zero-order valence-corrected chi connectivity index (χ0v) is 13.4. The zero-order valence-electron chi connectivity index (χ0n) is 11.9. The lowest BCUT2D eigenvalue weighted by atomic mass is 9.99. The molecule has 112 valence electrons. The van der Waals surface area contributed by atoms with E-state index < -0.39 is 0 Å². The third-order valence-corrected chi connectivity index (χ3v) is 3.83. The van der Waals surface area contributed by atoms with E-state index >= 15 is 0 Å². The first-order valence-corrected chi connectivity index (χ1v) is 7.22. The van der Waals surface area contributed by atoms with Crippen LogP contribution in [0.15, 0.2) is 36.4 Å². The summed E-state index contributed by atoms with van der Waals surface area (Å²) in [5, 5.41) is 1.18. The summed E-state index contributed by atoms with van der Waals surface area (Å²) in [6.45, 7) is 0. The van der Waals surface area contributed by atoms with E-state index in [9.17, 15) is 0 Å². The van der Waals surface area contributed by atoms with Crippen molar-refractivity contribution in [2.75, 3.05) is 14.2 Å². The molecule has 0 aliphatic carbocycles. The molecule has 0 spiro atoms. The minimum atomic E-state index is -0.215. The second-order valence-electron chi connectivity index (χ2n) is 4.67. The molecule has 0 aromatic heterocycles. The van der Waals surface area contributed by atoms with Crippen molar-refractivity contribution in [3.63, 3.8) is 0 Å². The lowest BCUT2D eigenvalue weighted by Crippen LogP contribution is -2.14. The van der Waals surface area contributed by atoms with E-state index in [0.29, 0.717) is 28.0 Å². The molecule has 2 aromatic rings. The maximum absolute atomic E-state index is 6.24. The quantitative estimate of drug-likeness (QED) is 0.893. The van der Waals surface area contributed by atoms with E-state index in [4.69, 9.17) is 38.4 Å². The molecule has 3 nitrogen and oxygen atoms in total. The van der Waals surface area contributed by atoms with Gasteiger partial charge in [-0.3, -0.25) is 0 Å². The van der Waals surface area contributed by atoms with Crippen molar-refractivity contribution in [1.82, 2.24) is 0 Å². The molecule has 0 heterocycles. The van der Waals surface area contributed by atoms with Crippen LogP contribution in [-0.4, -0.2) is 14.2 Å². The molecule has 0 aliphatic heterocycles. The van der Waals surface area contributed by atoms with Crippen LogP contribution in [0.5, 0.6) is 11.5 Å². The molecule has 0 bridgehead atoms. The van der Waals surface area contributed by atoms with Crippen LogP contribution in [0.1, 0.15) is 17.2 Å². The van der Waals surface area contributed by atoms with E-state index in [1.165, 1.54) is 0 Å². The van der Waals surface area contributed by atoms with Gasteiger partial charge >= 0.3 is 0 Å². The predicted octanol–water partition coefficient (Wildman–Crippen LogP) is 4.25. The third-order valence-electron chi connectivity index (χ3n) is 3.27. The van der Waals surface area contributed by atoms with E-state index in [-0.39, 0.29) is 6.04 Å². The van der Waals surface area contributed by atoms with Gasteiger partial charge in [0.25, 0.3) is 0 Å². The smallest absolute Gasteiger partial charge is 0.160 e. The van der Waals surface area contributed by atoms with Crippen molar-refractivity contribution in [2.24, 2.45) is 5.73 Å². The molecular weight excluding hydrogens is 309 g/mol. The molecule has 0 radical (unpaired) electrons. The lowest BCUT2D eigenvalue weighted by molar-refractivity contribution is 0.354. The van der Waals surface area contributed by atoms with Gasteiger partial charge in [0.2, 0.25) is 0 Å². The number of ether oxygens (including phenoxy) is 2. The minimum absolute atomic E-state index is 0.215. The Morgan fingerprint density at radius 3 is 2.33 bits per heavy atom. The maximum Gasteiger partial charge on any atom is 0.160 e. The predicted molar refractivity (Wildman–Crippen MR) is 86.6 cm³/mol. The van der Waals surface area contributed by atoms with E-state index in [0.717, 1.165) is 11.1 Å². The van der Waals surface area contributed by atoms with Crippen LogP contribution < -0.4 is 15.2 Å². The van der Waals surface area contributed by atoms with Gasteiger partial charge in [0.1, 0.15) is 0 Å². The zero-order chi connectivity index (χ0) is 15.4. The number of rotatable bonds is 5. The first-order chi connectivity index (χ1) is 10.0. The van der Waals surface area contributed by atoms with Crippen LogP contribution in [0.2, 0.25) is 10.0 Å². The van der Waals surface area contributed by atoms with Gasteiger partial charge < -0.3 is 15.2 Å². The third kappa shape index (κ3) is 3.82. The number of hydrogen-bond acceptors (Lipinski definition) is 3. The fourth-order valence-corrected chi connectivity index (χ4v) is 2.72. The molecular formula is C16H17Cl2NO2. The molecule has 1 unspecified atom stereocenters. The highest BCUT2D eigenvalue weighted by Crippen LogP contribution is 2.31. The summed E-state index contributed by atoms with van der Waals surface area (Å²) in [7, 11) is 3.22. The average Bonchev–Trinajstić information content (AvgIpc) is 2.46. The Balaban J connectivity index is 2.21. The fraction of sp³-hybridized carbons (Fsp3) is 0.250. The summed E-state index contributed by atoms with van der Waals surface area (Å²) >= 11 is 12.1. The number of methoxy groups -OCH3 is 2. The normalized spacial score (nSPS) is 12.0. The van der Waals surface area contributed by atoms with Crippen molar-refractivity contribution in [1.29, 1.82) is 0 Å². The highest BCUT2D eigenvalue weighted by Gasteiger charge is 2.13. The molecule has 2 rings (SSSR count). The van der Waals surface area contributed by atoms with Gasteiger partial charge in [-0.25, -0.2) is 0 Å². The van der Waals surface area contributed by atoms with Gasteiger partial charge in [-0.05, 0) is 41.8 Å². The molecule has 0 aliphatic rings. The van der Waals surface area contributed by atoms with Crippen molar-refractivity contribution in [2.45, 2.75) is 12.5 Å². The van der Waals surface area contributed by atoms with Gasteiger partial charge in [-0.1, -0.05) is 35.3 Å². The number of hydrogen-bond donors (Lipinski definition) is 1. The number of benzene rings is 2. The molecule has 0 fully saturated rings. The van der Waals surface area contributed by atoms with E-state index in [1.54, 1.807) is 26.4 Å². The second-order valence-corrected chi connectivity index (χ2v) is 5.51. The van der Waals surface area contributed by atoms with Crippen LogP contribution in [-0.2, 0) is 6.42 Å². The van der Waals surface area contributed by atoms with Crippen LogP contribution in [0.4, 0.5) is 0 Å². The molecule has 0 amide bonds. The van der Waals surface area contributed by atoms with Gasteiger partial charge in [0.05, 0.1) is 14.2 Å². The minimum Gasteiger partial charge on any atom is -0.493 e. The first kappa shape index (κ1) is 16.0. The van der Waals surface area contributed by atoms with Gasteiger partial charge in [-0.15, -0.1) is 0 Å². The molecule has 2 N–H and O–H groups in total. The molecule has 1 atom stereocenters. The summed E-state index contributed by atoms with van der Waals surface area (Å²) in [5.41, 5.74) is 8.16. The highest BCUT2D eigenvalue weighted by molar-refractivity contribution is 6.35. The lowest BCUT2D eigenvalue weighted by Gasteiger charge is -2.15. The van der Waals surface area contributed by atoms with Gasteiger partial charge in [-0.2, -0.15) is 0 Å². The summed E-state index contributed by atoms with van der Waals surface area (Å²) in [6.07, 6.45) is 0.641. The van der Waals surface area contributed by atoms with Crippen molar-refractivity contribution in [3.05, 3.63) is 57.6 Å². The SMILES string of the molecule is COc1ccc(CC(N)c2ccc(Cl)cc2Cl)cc1OC. The molecule has 21 heavy (non-hydrogen) atoms. The monoisotopic (exact) mass is 325 g/mol. The second kappa shape index (κ2) is 7.03. The Labute approximate surface area is 134 Å². The van der Waals surface area contributed by atoms with Gasteiger partial charge in [0, 0.05) is 16.1 Å². The molecule has 0 saturated heterocycles. The Hall–Kier alpha value is -1.42. The van der Waals surface area contributed by atoms with Gasteiger partial charge in [0.15, 0.2) is 11.5 Å². The van der Waals surface area contributed by atoms with Crippen molar-refractivity contribution < 1.29 is 9.47 Å².